The van der Waals surface area contributed by atoms with Crippen LogP contribution in [0.5, 0.6) is 23.0 Å². The maximum absolute atomic E-state index is 14.2. The number of fused-ring (bicyclic) bond motifs is 8. The van der Waals surface area contributed by atoms with Crippen LogP contribution in [0, 0.1) is 19.8 Å². The fourth-order valence-electron chi connectivity index (χ4n) is 12.3. The number of unbranched alkanes of at least 4 members (excludes halogenated alkanes) is 2. The first-order chi connectivity index (χ1) is 37.1. The van der Waals surface area contributed by atoms with Crippen LogP contribution in [0.4, 0.5) is 0 Å². The second kappa shape index (κ2) is 21.1. The Labute approximate surface area is 447 Å². The molecule has 0 saturated heterocycles. The van der Waals surface area contributed by atoms with E-state index in [0.717, 1.165) is 89.4 Å². The summed E-state index contributed by atoms with van der Waals surface area (Å²) in [5, 5.41) is 1.80. The third-order valence-electron chi connectivity index (χ3n) is 16.6. The Morgan fingerprint density at radius 1 is 0.645 bits per heavy atom. The van der Waals surface area contributed by atoms with E-state index in [2.05, 4.69) is 112 Å². The zero-order valence-corrected chi connectivity index (χ0v) is 44.5. The lowest BCUT2D eigenvalue weighted by Gasteiger charge is -2.39. The van der Waals surface area contributed by atoms with Gasteiger partial charge in [0, 0.05) is 34.7 Å². The number of benzene rings is 8. The van der Waals surface area contributed by atoms with Gasteiger partial charge in [-0.1, -0.05) is 148 Å². The molecule has 11 rings (SSSR count). The average Bonchev–Trinajstić information content (AvgIpc) is 4.02. The summed E-state index contributed by atoms with van der Waals surface area (Å²) >= 11 is 0. The molecule has 1 saturated carbocycles. The number of ether oxygens (including phenoxy) is 5. The fourth-order valence-corrected chi connectivity index (χ4v) is 12.3. The normalized spacial score (nSPS) is 19.3. The topological polar surface area (TPSA) is 80.3 Å². The van der Waals surface area contributed by atoms with E-state index in [0.29, 0.717) is 35.0 Å². The lowest BCUT2D eigenvalue weighted by atomic mass is 9.77. The van der Waals surface area contributed by atoms with Crippen LogP contribution < -0.4 is 18.9 Å². The van der Waals surface area contributed by atoms with Gasteiger partial charge in [0.1, 0.15) is 28.6 Å². The van der Waals surface area contributed by atoms with Crippen molar-refractivity contribution in [1.29, 1.82) is 0 Å². The average molecular weight is 1010 g/mol. The van der Waals surface area contributed by atoms with Gasteiger partial charge in [0.15, 0.2) is 5.60 Å². The van der Waals surface area contributed by atoms with E-state index in [1.165, 1.54) is 56.9 Å². The largest absolute Gasteiger partial charge is 0.497 e. The van der Waals surface area contributed by atoms with Crippen molar-refractivity contribution in [3.8, 4) is 45.3 Å². The molecule has 0 amide bonds. The summed E-state index contributed by atoms with van der Waals surface area (Å²) in [6.45, 7) is 8.49. The van der Waals surface area contributed by atoms with Crippen molar-refractivity contribution in [3.63, 3.8) is 0 Å². The predicted octanol–water partition coefficient (Wildman–Crippen LogP) is 17.1. The molecule has 1 heterocycles. The van der Waals surface area contributed by atoms with Crippen LogP contribution in [0.15, 0.2) is 164 Å². The zero-order chi connectivity index (χ0) is 52.6. The highest BCUT2D eigenvalue weighted by molar-refractivity contribution is 6.09. The van der Waals surface area contributed by atoms with E-state index in [9.17, 15) is 9.59 Å². The molecule has 0 bridgehead atoms. The van der Waals surface area contributed by atoms with Gasteiger partial charge in [0.25, 0.3) is 0 Å². The summed E-state index contributed by atoms with van der Waals surface area (Å²) in [5.41, 5.74) is 11.4. The Balaban J connectivity index is 0.849. The molecule has 8 aromatic rings. The summed E-state index contributed by atoms with van der Waals surface area (Å²) in [4.78, 5) is 27.4. The van der Waals surface area contributed by atoms with Gasteiger partial charge in [-0.15, -0.1) is 0 Å². The summed E-state index contributed by atoms with van der Waals surface area (Å²) in [5.74, 6) is 2.98. The van der Waals surface area contributed by atoms with Crippen molar-refractivity contribution in [2.45, 2.75) is 103 Å². The van der Waals surface area contributed by atoms with Crippen molar-refractivity contribution < 1.29 is 33.3 Å². The first-order valence-electron chi connectivity index (χ1n) is 27.2. The second-order valence-corrected chi connectivity index (χ2v) is 21.1. The van der Waals surface area contributed by atoms with Crippen LogP contribution >= 0.6 is 0 Å². The smallest absolute Gasteiger partial charge is 0.343 e. The second-order valence-electron chi connectivity index (χ2n) is 21.1. The standard InChI is InChI=1S/C69H66O7/c1-7-9-10-13-46-18-20-47(21-19-46)48-22-26-51(27-23-48)66(70)74-56-36-30-50(31-37-56)49-24-28-52(29-25-49)67(71)75-62-43-59-60(42-45(62)4)65-58(64-63(59)57-14-11-12-15-61(57)68(64,8-2)73-6)40-41-69(76-65,53-32-16-44(3)17-33-53)54-34-38-55(72-5)39-35-54/h11-12,14-17,22-43,46-47H,7-10,13,18-21H2,1-6H3. The molecule has 0 radical (unpaired) electrons. The summed E-state index contributed by atoms with van der Waals surface area (Å²) < 4.78 is 32.0. The molecule has 7 heteroatoms. The van der Waals surface area contributed by atoms with Crippen LogP contribution in [0.1, 0.15) is 143 Å². The van der Waals surface area contributed by atoms with Crippen LogP contribution in [-0.4, -0.2) is 26.2 Å². The lowest BCUT2D eigenvalue weighted by Crippen LogP contribution is -2.35. The highest BCUT2D eigenvalue weighted by Gasteiger charge is 2.48. The van der Waals surface area contributed by atoms with Gasteiger partial charge in [-0.2, -0.15) is 0 Å². The van der Waals surface area contributed by atoms with Gasteiger partial charge in [0.2, 0.25) is 0 Å². The van der Waals surface area contributed by atoms with Gasteiger partial charge < -0.3 is 23.7 Å². The first-order valence-corrected chi connectivity index (χ1v) is 27.2. The molecule has 76 heavy (non-hydrogen) atoms. The summed E-state index contributed by atoms with van der Waals surface area (Å²) in [7, 11) is 3.46. The predicted molar refractivity (Wildman–Crippen MR) is 304 cm³/mol. The minimum Gasteiger partial charge on any atom is -0.497 e. The van der Waals surface area contributed by atoms with Crippen molar-refractivity contribution in [2.75, 3.05) is 14.2 Å². The summed E-state index contributed by atoms with van der Waals surface area (Å²) in [6, 6.07) is 52.0. The van der Waals surface area contributed by atoms with E-state index >= 15 is 0 Å². The lowest BCUT2D eigenvalue weighted by molar-refractivity contribution is 0.0219. The number of aryl methyl sites for hydroxylation is 2. The SMILES string of the molecule is CCCCCC1CCC(c2ccc(C(=O)Oc3ccc(-c4ccc(C(=O)Oc5cc6c7c(c8c(c6cc5C)OC(c5ccc(C)cc5)(c5ccc(OC)cc5)C=C8)C(CC)(OC)c5ccccc5-7)cc4)cc3)cc2)CC1. The molecule has 1 fully saturated rings. The van der Waals surface area contributed by atoms with Crippen LogP contribution in [0.2, 0.25) is 0 Å². The molecule has 384 valence electrons. The van der Waals surface area contributed by atoms with Crippen LogP contribution in [0.25, 0.3) is 39.1 Å². The third kappa shape index (κ3) is 9.19. The first kappa shape index (κ1) is 50.4. The number of hydrogen-bond acceptors (Lipinski definition) is 7. The van der Waals surface area contributed by atoms with E-state index in [4.69, 9.17) is 23.7 Å². The quantitative estimate of drug-likeness (QED) is 0.0575. The Hall–Kier alpha value is -7.74. The molecule has 7 nitrogen and oxygen atoms in total. The van der Waals surface area contributed by atoms with E-state index in [-0.39, 0.29) is 5.97 Å². The number of carbonyl (C=O) groups is 2. The van der Waals surface area contributed by atoms with E-state index < -0.39 is 17.2 Å². The number of rotatable bonds is 15. The zero-order valence-electron chi connectivity index (χ0n) is 44.5. The highest BCUT2D eigenvalue weighted by Crippen LogP contribution is 2.60. The minimum absolute atomic E-state index is 0.378. The van der Waals surface area contributed by atoms with Gasteiger partial charge in [-0.25, -0.2) is 9.59 Å². The molecule has 0 N–H and O–H groups in total. The van der Waals surface area contributed by atoms with E-state index in [1.807, 2.05) is 61.5 Å². The Bertz CT molecular complexity index is 3450. The molecule has 2 atom stereocenters. The van der Waals surface area contributed by atoms with Crippen LogP contribution in [-0.2, 0) is 15.9 Å². The van der Waals surface area contributed by atoms with Crippen molar-refractivity contribution in [2.24, 2.45) is 5.92 Å². The maximum atomic E-state index is 14.2. The van der Waals surface area contributed by atoms with Crippen molar-refractivity contribution in [3.05, 3.63) is 219 Å². The van der Waals surface area contributed by atoms with Gasteiger partial charge >= 0.3 is 11.9 Å². The molecule has 3 aliphatic rings. The van der Waals surface area contributed by atoms with Crippen LogP contribution in [0.3, 0.4) is 0 Å². The Morgan fingerprint density at radius 2 is 1.26 bits per heavy atom. The molecule has 2 aliphatic carbocycles. The monoisotopic (exact) mass is 1010 g/mol. The molecule has 2 unspecified atom stereocenters. The molecule has 0 spiro atoms. The highest BCUT2D eigenvalue weighted by atomic mass is 16.5. The molecule has 0 aromatic heterocycles. The Kier molecular flexibility index (Phi) is 14.0. The van der Waals surface area contributed by atoms with Gasteiger partial charge in [0.05, 0.1) is 18.2 Å². The maximum Gasteiger partial charge on any atom is 0.343 e. The van der Waals surface area contributed by atoms with Crippen molar-refractivity contribution in [1.82, 2.24) is 0 Å². The van der Waals surface area contributed by atoms with E-state index in [1.54, 1.807) is 38.5 Å². The number of methoxy groups -OCH3 is 2. The molecule has 1 aliphatic heterocycles. The number of hydrogen-bond donors (Lipinski definition) is 0. The molecular formula is C69H66O7. The molecule has 8 aromatic carbocycles. The van der Waals surface area contributed by atoms with Gasteiger partial charge in [-0.05, 0) is 169 Å². The number of esters is 2. The Morgan fingerprint density at radius 3 is 1.91 bits per heavy atom. The van der Waals surface area contributed by atoms with Crippen molar-refractivity contribution >= 4 is 28.8 Å². The summed E-state index contributed by atoms with van der Waals surface area (Å²) in [6.07, 6.45) is 15.4. The third-order valence-corrected chi connectivity index (χ3v) is 16.6. The number of carbonyl (C=O) groups excluding carboxylic acids is 2. The molecular weight excluding hydrogens is 941 g/mol. The fraction of sp³-hybridized carbons (Fsp3) is 0.275. The van der Waals surface area contributed by atoms with Gasteiger partial charge in [-0.3, -0.25) is 0 Å². The minimum atomic E-state index is -0.985.